The molecule has 1 aromatic heterocycles. The number of rotatable bonds is 5. The third-order valence-corrected chi connectivity index (χ3v) is 4.79. The van der Waals surface area contributed by atoms with E-state index in [1.807, 2.05) is 12.1 Å². The van der Waals surface area contributed by atoms with Crippen LogP contribution in [0, 0.1) is 11.3 Å². The number of imide groups is 1. The molecule has 29 heavy (non-hydrogen) atoms. The molecular weight excluding hydrogens is 372 g/mol. The normalized spacial score (nSPS) is 20.7. The molecule has 1 atom stereocenters. The number of aliphatic carboxylic acids is 1. The van der Waals surface area contributed by atoms with Gasteiger partial charge in [0, 0.05) is 23.6 Å². The maximum Gasteiger partial charge on any atom is 0.331 e. The lowest BCUT2D eigenvalue weighted by Gasteiger charge is -2.26. The van der Waals surface area contributed by atoms with E-state index in [1.54, 1.807) is 31.2 Å². The summed E-state index contributed by atoms with van der Waals surface area (Å²) in [7, 11) is 0. The van der Waals surface area contributed by atoms with Crippen LogP contribution in [0.1, 0.15) is 30.8 Å². The van der Waals surface area contributed by atoms with Gasteiger partial charge in [-0.15, -0.1) is 6.58 Å². The van der Waals surface area contributed by atoms with Gasteiger partial charge >= 0.3 is 5.97 Å². The molecule has 2 heterocycles. The topological polar surface area (TPSA) is 112 Å². The van der Waals surface area contributed by atoms with Crippen molar-refractivity contribution in [3.63, 3.8) is 0 Å². The minimum atomic E-state index is -0.974. The molecule has 1 aliphatic carbocycles. The van der Waals surface area contributed by atoms with Gasteiger partial charge < -0.3 is 9.52 Å². The van der Waals surface area contributed by atoms with E-state index in [-0.39, 0.29) is 34.8 Å². The predicted molar refractivity (Wildman–Crippen MR) is 104 cm³/mol. The number of carboxylic acid groups (broad SMARTS) is 1. The highest BCUT2D eigenvalue weighted by Crippen LogP contribution is 2.32. The first-order valence-electron chi connectivity index (χ1n) is 8.87. The Hall–Kier alpha value is -3.92. The zero-order chi connectivity index (χ0) is 21.1. The van der Waals surface area contributed by atoms with Crippen molar-refractivity contribution in [3.05, 3.63) is 76.8 Å². The lowest BCUT2D eigenvalue weighted by atomic mass is 9.92. The zero-order valence-corrected chi connectivity index (χ0v) is 15.7. The highest BCUT2D eigenvalue weighted by molar-refractivity contribution is 6.19. The summed E-state index contributed by atoms with van der Waals surface area (Å²) < 4.78 is 5.81. The molecule has 1 N–H and O–H groups in total. The highest BCUT2D eigenvalue weighted by Gasteiger charge is 2.35. The minimum absolute atomic E-state index is 0.00591. The van der Waals surface area contributed by atoms with E-state index < -0.39 is 17.8 Å². The standard InChI is InChI=1S/C22H18N2O5/c1-3-9-24-20(25)17(13(2)18(12-23)21(24)26)11-16-7-8-19(29-16)14-5-4-6-15(10-14)22(27)28/h3-8,11,14H,1,9-10H2,2H3,(H,27,28)/b17-11+. The van der Waals surface area contributed by atoms with E-state index in [9.17, 15) is 24.8 Å². The summed E-state index contributed by atoms with van der Waals surface area (Å²) in [6.45, 7) is 5.08. The van der Waals surface area contributed by atoms with Gasteiger partial charge in [0.25, 0.3) is 11.8 Å². The van der Waals surface area contributed by atoms with Crippen LogP contribution in [-0.4, -0.2) is 34.3 Å². The summed E-state index contributed by atoms with van der Waals surface area (Å²) in [5, 5.41) is 18.5. The molecule has 1 aliphatic heterocycles. The Morgan fingerprint density at radius 1 is 1.41 bits per heavy atom. The average molecular weight is 390 g/mol. The molecule has 2 aliphatic rings. The molecule has 1 unspecified atom stereocenters. The van der Waals surface area contributed by atoms with Gasteiger partial charge in [-0.2, -0.15) is 5.26 Å². The summed E-state index contributed by atoms with van der Waals surface area (Å²) in [6.07, 6.45) is 8.27. The van der Waals surface area contributed by atoms with Gasteiger partial charge in [0.2, 0.25) is 0 Å². The molecule has 2 amide bonds. The van der Waals surface area contributed by atoms with E-state index >= 15 is 0 Å². The number of hydrogen-bond acceptors (Lipinski definition) is 5. The van der Waals surface area contributed by atoms with Gasteiger partial charge in [-0.1, -0.05) is 24.3 Å². The Labute approximate surface area is 167 Å². The van der Waals surface area contributed by atoms with Crippen molar-refractivity contribution < 1.29 is 23.9 Å². The van der Waals surface area contributed by atoms with Crippen LogP contribution < -0.4 is 0 Å². The molecule has 0 aromatic carbocycles. The molecule has 0 spiro atoms. The maximum absolute atomic E-state index is 12.7. The first-order valence-corrected chi connectivity index (χ1v) is 8.87. The van der Waals surface area contributed by atoms with Crippen LogP contribution in [0.2, 0.25) is 0 Å². The average Bonchev–Trinajstić information content (AvgIpc) is 3.18. The van der Waals surface area contributed by atoms with Gasteiger partial charge in [0.15, 0.2) is 0 Å². The number of amides is 2. The Bertz CT molecular complexity index is 1070. The summed E-state index contributed by atoms with van der Waals surface area (Å²) in [6, 6.07) is 5.24. The Kier molecular flexibility index (Phi) is 5.46. The van der Waals surface area contributed by atoms with E-state index in [4.69, 9.17) is 4.42 Å². The largest absolute Gasteiger partial charge is 0.478 e. The number of carbonyl (C=O) groups excluding carboxylic acids is 2. The van der Waals surface area contributed by atoms with Crippen LogP contribution in [0.25, 0.3) is 6.08 Å². The molecular formula is C22H18N2O5. The van der Waals surface area contributed by atoms with Gasteiger partial charge in [-0.25, -0.2) is 4.79 Å². The highest BCUT2D eigenvalue weighted by atomic mass is 16.4. The quantitative estimate of drug-likeness (QED) is 0.470. The Balaban J connectivity index is 1.94. The second kappa shape index (κ2) is 7.98. The third kappa shape index (κ3) is 3.73. The number of hydrogen-bond donors (Lipinski definition) is 1. The van der Waals surface area contributed by atoms with Gasteiger partial charge in [-0.3, -0.25) is 14.5 Å². The zero-order valence-electron chi connectivity index (χ0n) is 15.7. The molecule has 7 heteroatoms. The lowest BCUT2D eigenvalue weighted by Crippen LogP contribution is -2.42. The number of allylic oxidation sites excluding steroid dienone is 3. The van der Waals surface area contributed by atoms with Crippen molar-refractivity contribution in [3.8, 4) is 6.07 Å². The number of carboxylic acids is 1. The van der Waals surface area contributed by atoms with Crippen LogP contribution in [0.5, 0.6) is 0 Å². The SMILES string of the molecule is C=CCN1C(=O)C(C#N)=C(C)/C(=C\c2ccc(C3C=CC=C(C(=O)O)C3)o2)C1=O. The van der Waals surface area contributed by atoms with Crippen molar-refractivity contribution in [2.24, 2.45) is 0 Å². The van der Waals surface area contributed by atoms with E-state index in [2.05, 4.69) is 6.58 Å². The summed E-state index contributed by atoms with van der Waals surface area (Å²) in [5.41, 5.74) is 0.659. The van der Waals surface area contributed by atoms with Crippen LogP contribution in [0.3, 0.4) is 0 Å². The number of carbonyl (C=O) groups is 3. The van der Waals surface area contributed by atoms with Crippen molar-refractivity contribution in [2.45, 2.75) is 19.3 Å². The van der Waals surface area contributed by atoms with Crippen molar-refractivity contribution in [1.82, 2.24) is 4.90 Å². The van der Waals surface area contributed by atoms with Crippen LogP contribution in [0.4, 0.5) is 0 Å². The molecule has 146 valence electrons. The number of furan rings is 1. The molecule has 0 fully saturated rings. The first-order chi connectivity index (χ1) is 13.9. The lowest BCUT2D eigenvalue weighted by molar-refractivity contribution is -0.139. The first kappa shape index (κ1) is 19.8. The molecule has 0 saturated heterocycles. The number of nitrogens with zero attached hydrogens (tertiary/aromatic N) is 2. The van der Waals surface area contributed by atoms with Crippen molar-refractivity contribution >= 4 is 23.9 Å². The van der Waals surface area contributed by atoms with E-state index in [1.165, 1.54) is 12.2 Å². The van der Waals surface area contributed by atoms with E-state index in [0.29, 0.717) is 17.9 Å². The Morgan fingerprint density at radius 2 is 2.17 bits per heavy atom. The minimum Gasteiger partial charge on any atom is -0.478 e. The van der Waals surface area contributed by atoms with Crippen molar-refractivity contribution in [2.75, 3.05) is 6.54 Å². The summed E-state index contributed by atoms with van der Waals surface area (Å²) in [5.74, 6) is -1.45. The molecule has 0 radical (unpaired) electrons. The predicted octanol–water partition coefficient (Wildman–Crippen LogP) is 3.11. The van der Waals surface area contributed by atoms with E-state index in [0.717, 1.165) is 4.90 Å². The van der Waals surface area contributed by atoms with Crippen LogP contribution in [0.15, 0.2) is 69.7 Å². The monoisotopic (exact) mass is 390 g/mol. The molecule has 7 nitrogen and oxygen atoms in total. The van der Waals surface area contributed by atoms with Gasteiger partial charge in [-0.05, 0) is 37.1 Å². The maximum atomic E-state index is 12.7. The van der Waals surface area contributed by atoms with Crippen LogP contribution >= 0.6 is 0 Å². The molecule has 0 saturated carbocycles. The van der Waals surface area contributed by atoms with Crippen LogP contribution in [-0.2, 0) is 14.4 Å². The Morgan fingerprint density at radius 3 is 2.83 bits per heavy atom. The third-order valence-electron chi connectivity index (χ3n) is 4.79. The fourth-order valence-corrected chi connectivity index (χ4v) is 3.25. The molecule has 0 bridgehead atoms. The second-order valence-corrected chi connectivity index (χ2v) is 6.61. The van der Waals surface area contributed by atoms with Gasteiger partial charge in [0.1, 0.15) is 23.2 Å². The number of nitriles is 1. The fraction of sp³-hybridized carbons (Fsp3) is 0.182. The molecule has 1 aromatic rings. The van der Waals surface area contributed by atoms with Gasteiger partial charge in [0.05, 0.1) is 0 Å². The van der Waals surface area contributed by atoms with Crippen molar-refractivity contribution in [1.29, 1.82) is 5.26 Å². The molecule has 3 rings (SSSR count). The summed E-state index contributed by atoms with van der Waals surface area (Å²) >= 11 is 0. The summed E-state index contributed by atoms with van der Waals surface area (Å²) in [4.78, 5) is 37.2. The smallest absolute Gasteiger partial charge is 0.331 e. The fourth-order valence-electron chi connectivity index (χ4n) is 3.25. The second-order valence-electron chi connectivity index (χ2n) is 6.61.